The number of hydrogen-bond acceptors (Lipinski definition) is 14. The summed E-state index contributed by atoms with van der Waals surface area (Å²) >= 11 is 0. The summed E-state index contributed by atoms with van der Waals surface area (Å²) in [5.74, 6) is 1.40. The van der Waals surface area contributed by atoms with Crippen LogP contribution >= 0.6 is 7.87 Å². The largest absolute Gasteiger partial charge is 0.497 e. The Bertz CT molecular complexity index is 2820. The third-order valence-corrected chi connectivity index (χ3v) is 15.2. The van der Waals surface area contributed by atoms with Crippen molar-refractivity contribution in [3.63, 3.8) is 0 Å². The van der Waals surface area contributed by atoms with Gasteiger partial charge in [0.15, 0.2) is 34.6 Å². The quantitative estimate of drug-likeness (QED) is 0.0301. The highest BCUT2D eigenvalue weighted by Gasteiger charge is 2.55. The first-order valence-electron chi connectivity index (χ1n) is 23.5. The molecule has 0 bridgehead atoms. The van der Waals surface area contributed by atoms with Crippen molar-refractivity contribution in [3.8, 4) is 23.0 Å². The van der Waals surface area contributed by atoms with E-state index in [9.17, 15) is 14.5 Å². The number of esters is 1. The van der Waals surface area contributed by atoms with E-state index in [1.807, 2.05) is 117 Å². The molecule has 2 N–H and O–H groups in total. The monoisotopic (exact) mass is 983 g/mol. The fourth-order valence-electron chi connectivity index (χ4n) is 9.18. The van der Waals surface area contributed by atoms with E-state index in [1.165, 1.54) is 13.3 Å². The number of benzene rings is 5. The standard InChI is InChI=1S/C54H59N6O10P/c1-36(2)60(37(3)4)71(63,31-30-66-45-20-14-15-21-46(45)68-38(5)61)70-47-32-49(59-35-57-50-51(55-34-56-52(50)59)58-53(62)39-16-10-8-11-17-39)69-48(47)33-67-54(40-18-12-9-13-19-40,41-22-26-43(64-6)27-23-41)42-24-28-44(65-7)29-25-42/h8-29,34-37,47-49,63H,30-33H2,1-7H3/p+1/t47-,48+,49+,71?/m0/s1. The van der Waals surface area contributed by atoms with Gasteiger partial charge < -0.3 is 33.7 Å². The van der Waals surface area contributed by atoms with E-state index in [2.05, 4.69) is 20.3 Å². The highest BCUT2D eigenvalue weighted by atomic mass is 31.2. The number of para-hydroxylation sites is 2. The summed E-state index contributed by atoms with van der Waals surface area (Å²) in [7, 11) is -0.326. The van der Waals surface area contributed by atoms with E-state index >= 15 is 0 Å². The SMILES string of the molecule is COc1ccc(C(OC[C@H]2O[C@@H](n3cnc4c(NC(=O)c5ccccc5)ncnc43)C[C@@H]2O[P+](O)(CCOc2ccccc2OC(C)=O)N(C(C)C)C(C)C)(c2ccccc2)c2ccc(OC)cc2)cc1. The Morgan fingerprint density at radius 3 is 1.96 bits per heavy atom. The Hall–Kier alpha value is -6.78. The lowest BCUT2D eigenvalue weighted by Gasteiger charge is -2.38. The zero-order valence-electron chi connectivity index (χ0n) is 40.9. The molecule has 71 heavy (non-hydrogen) atoms. The van der Waals surface area contributed by atoms with Crippen LogP contribution in [0.4, 0.5) is 5.82 Å². The van der Waals surface area contributed by atoms with Gasteiger partial charge in [0.2, 0.25) is 0 Å². The van der Waals surface area contributed by atoms with Crippen molar-refractivity contribution in [3.05, 3.63) is 168 Å². The van der Waals surface area contributed by atoms with Gasteiger partial charge in [0.25, 0.3) is 5.91 Å². The minimum absolute atomic E-state index is 0.0241. The van der Waals surface area contributed by atoms with E-state index in [0.29, 0.717) is 34.0 Å². The van der Waals surface area contributed by atoms with E-state index < -0.39 is 37.9 Å². The Kier molecular flexibility index (Phi) is 16.1. The first kappa shape index (κ1) is 50.6. The molecule has 1 aliphatic heterocycles. The molecule has 1 fully saturated rings. The molecular formula is C54H60N6O10P+. The van der Waals surface area contributed by atoms with Crippen LogP contribution in [0, 0.1) is 0 Å². The summed E-state index contributed by atoms with van der Waals surface area (Å²) in [4.78, 5) is 52.2. The zero-order chi connectivity index (χ0) is 50.1. The van der Waals surface area contributed by atoms with Crippen molar-refractivity contribution >= 4 is 36.7 Å². The van der Waals surface area contributed by atoms with Gasteiger partial charge in [-0.05, 0) is 92.9 Å². The number of nitrogens with one attached hydrogen (secondary N) is 1. The minimum atomic E-state index is -3.58. The zero-order valence-corrected chi connectivity index (χ0v) is 41.8. The molecule has 16 nitrogen and oxygen atoms in total. The number of hydrogen-bond donors (Lipinski definition) is 2. The molecular weight excluding hydrogens is 924 g/mol. The lowest BCUT2D eigenvalue weighted by atomic mass is 9.80. The third kappa shape index (κ3) is 11.2. The number of amides is 1. The van der Waals surface area contributed by atoms with Crippen LogP contribution in [-0.4, -0.2) is 98.8 Å². The lowest BCUT2D eigenvalue weighted by molar-refractivity contribution is -0.132. The minimum Gasteiger partial charge on any atom is -0.497 e. The summed E-state index contributed by atoms with van der Waals surface area (Å²) in [6.07, 6.45) is 1.00. The van der Waals surface area contributed by atoms with Crippen LogP contribution in [0.25, 0.3) is 11.2 Å². The van der Waals surface area contributed by atoms with Gasteiger partial charge in [0.1, 0.15) is 48.5 Å². The van der Waals surface area contributed by atoms with E-state index in [1.54, 1.807) is 73.6 Å². The number of fused-ring (bicyclic) bond motifs is 1. The normalized spacial score (nSPS) is 16.8. The number of rotatable bonds is 21. The maximum Gasteiger partial charge on any atom is 0.349 e. The average Bonchev–Trinajstić information content (AvgIpc) is 3.99. The molecule has 370 valence electrons. The highest BCUT2D eigenvalue weighted by molar-refractivity contribution is 7.63. The molecule has 0 spiro atoms. The molecule has 8 rings (SSSR count). The van der Waals surface area contributed by atoms with E-state index in [-0.39, 0.29) is 55.4 Å². The van der Waals surface area contributed by atoms with E-state index in [4.69, 9.17) is 32.9 Å². The second-order valence-electron chi connectivity index (χ2n) is 17.5. The molecule has 7 aromatic rings. The van der Waals surface area contributed by atoms with Crippen LogP contribution in [0.1, 0.15) is 74.3 Å². The Morgan fingerprint density at radius 2 is 1.37 bits per heavy atom. The molecule has 1 saturated heterocycles. The second kappa shape index (κ2) is 22.5. The van der Waals surface area contributed by atoms with Crippen molar-refractivity contribution < 1.29 is 47.4 Å². The summed E-state index contributed by atoms with van der Waals surface area (Å²) in [6, 6.07) is 41.0. The molecule has 1 unspecified atom stereocenters. The number of carbonyl (C=O) groups excluding carboxylic acids is 2. The van der Waals surface area contributed by atoms with Crippen LogP contribution in [-0.2, 0) is 24.4 Å². The molecule has 0 saturated carbocycles. The van der Waals surface area contributed by atoms with Crippen molar-refractivity contribution in [1.29, 1.82) is 0 Å². The van der Waals surface area contributed by atoms with Crippen LogP contribution in [0.5, 0.6) is 23.0 Å². The van der Waals surface area contributed by atoms with Crippen molar-refractivity contribution in [2.45, 2.75) is 77.2 Å². The van der Waals surface area contributed by atoms with Crippen LogP contribution < -0.4 is 24.3 Å². The maximum absolute atomic E-state index is 13.3. The number of aromatic nitrogens is 4. The Labute approximate surface area is 414 Å². The maximum atomic E-state index is 13.3. The highest BCUT2D eigenvalue weighted by Crippen LogP contribution is 2.63. The van der Waals surface area contributed by atoms with Gasteiger partial charge in [-0.15, -0.1) is 4.67 Å². The smallest absolute Gasteiger partial charge is 0.349 e. The summed E-state index contributed by atoms with van der Waals surface area (Å²) in [5, 5.41) is 2.89. The number of nitrogens with zero attached hydrogens (tertiary/aromatic N) is 5. The van der Waals surface area contributed by atoms with Gasteiger partial charge in [-0.25, -0.2) is 19.8 Å². The summed E-state index contributed by atoms with van der Waals surface area (Å²) in [6.45, 7) is 9.40. The fourth-order valence-corrected chi connectivity index (χ4v) is 12.1. The van der Waals surface area contributed by atoms with Crippen molar-refractivity contribution in [2.24, 2.45) is 0 Å². The number of ether oxygens (including phenoxy) is 6. The number of methoxy groups -OCH3 is 2. The molecule has 5 aromatic carbocycles. The molecule has 2 aromatic heterocycles. The fraction of sp³-hybridized carbons (Fsp3) is 0.315. The van der Waals surface area contributed by atoms with Gasteiger partial charge in [0, 0.05) is 31.0 Å². The molecule has 1 aliphatic rings. The van der Waals surface area contributed by atoms with Crippen molar-refractivity contribution in [2.75, 3.05) is 38.9 Å². The molecule has 17 heteroatoms. The summed E-state index contributed by atoms with van der Waals surface area (Å²) < 4.78 is 48.4. The number of carbonyl (C=O) groups is 2. The van der Waals surface area contributed by atoms with Crippen LogP contribution in [0.15, 0.2) is 146 Å². The molecule has 3 heterocycles. The van der Waals surface area contributed by atoms with Gasteiger partial charge in [-0.2, -0.15) is 4.52 Å². The van der Waals surface area contributed by atoms with Gasteiger partial charge in [-0.3, -0.25) is 14.2 Å². The first-order chi connectivity index (χ1) is 34.3. The number of imidazole rings is 1. The van der Waals surface area contributed by atoms with Gasteiger partial charge in [-0.1, -0.05) is 84.9 Å². The first-order valence-corrected chi connectivity index (χ1v) is 25.3. The molecule has 0 radical (unpaired) electrons. The lowest BCUT2D eigenvalue weighted by Crippen LogP contribution is -2.43. The van der Waals surface area contributed by atoms with Crippen LogP contribution in [0.3, 0.4) is 0 Å². The van der Waals surface area contributed by atoms with Crippen LogP contribution in [0.2, 0.25) is 0 Å². The van der Waals surface area contributed by atoms with E-state index in [0.717, 1.165) is 16.7 Å². The average molecular weight is 984 g/mol. The topological polar surface area (TPSA) is 178 Å². The molecule has 0 aliphatic carbocycles. The Balaban J connectivity index is 1.19. The number of anilines is 1. The predicted molar refractivity (Wildman–Crippen MR) is 271 cm³/mol. The summed E-state index contributed by atoms with van der Waals surface area (Å²) in [5.41, 5.74) is 2.53. The second-order valence-corrected chi connectivity index (χ2v) is 20.0. The van der Waals surface area contributed by atoms with Gasteiger partial charge >= 0.3 is 13.8 Å². The third-order valence-electron chi connectivity index (χ3n) is 12.2. The van der Waals surface area contributed by atoms with Crippen molar-refractivity contribution in [1.82, 2.24) is 24.2 Å². The van der Waals surface area contributed by atoms with Gasteiger partial charge in [0.05, 0.1) is 27.2 Å². The Morgan fingerprint density at radius 1 is 0.789 bits per heavy atom. The molecule has 4 atom stereocenters. The predicted octanol–water partition coefficient (Wildman–Crippen LogP) is 9.66. The molecule has 1 amide bonds.